The summed E-state index contributed by atoms with van der Waals surface area (Å²) in [7, 11) is 0. The van der Waals surface area contributed by atoms with Gasteiger partial charge in [0.15, 0.2) is 0 Å². The van der Waals surface area contributed by atoms with Crippen molar-refractivity contribution < 1.29 is 36.6 Å². The predicted octanol–water partition coefficient (Wildman–Crippen LogP) is 5.71. The monoisotopic (exact) mass is 689 g/mol. The number of aromatic nitrogens is 4. The van der Waals surface area contributed by atoms with E-state index in [0.717, 1.165) is 66.8 Å². The smallest absolute Gasteiger partial charge is 0.550 e. The van der Waals surface area contributed by atoms with Crippen LogP contribution in [0, 0.1) is 13.8 Å². The molecule has 2 N–H and O–H groups in total. The van der Waals surface area contributed by atoms with Crippen molar-refractivity contribution in [2.75, 3.05) is 5.88 Å². The van der Waals surface area contributed by atoms with Gasteiger partial charge in [-0.05, 0) is 117 Å². The summed E-state index contributed by atoms with van der Waals surface area (Å²) < 4.78 is 0. The van der Waals surface area contributed by atoms with E-state index in [1.54, 1.807) is 6.08 Å². The van der Waals surface area contributed by atoms with Gasteiger partial charge in [-0.3, -0.25) is 0 Å². The topological polar surface area (TPSA) is 138 Å². The van der Waals surface area contributed by atoms with Crippen LogP contribution in [-0.4, -0.2) is 37.8 Å². The summed E-state index contributed by atoms with van der Waals surface area (Å²) in [4.78, 5) is 39.7. The molecule has 8 bridgehead atoms. The van der Waals surface area contributed by atoms with Crippen molar-refractivity contribution in [3.8, 4) is 0 Å². The van der Waals surface area contributed by atoms with Crippen molar-refractivity contribution in [3.63, 3.8) is 0 Å². The van der Waals surface area contributed by atoms with E-state index in [0.29, 0.717) is 22.6 Å². The average molecular weight is 690 g/mol. The van der Waals surface area contributed by atoms with Crippen molar-refractivity contribution in [2.24, 2.45) is 0 Å². The van der Waals surface area contributed by atoms with Gasteiger partial charge >= 0.3 is 16.8 Å². The first-order chi connectivity index (χ1) is 20.9. The van der Waals surface area contributed by atoms with E-state index in [4.69, 9.17) is 33.2 Å². The molecule has 1 radical (unpaired) electrons. The van der Waals surface area contributed by atoms with Crippen LogP contribution in [0.15, 0.2) is 36.9 Å². The maximum Gasteiger partial charge on any atom is 2.00 e. The van der Waals surface area contributed by atoms with Crippen molar-refractivity contribution in [1.29, 1.82) is 0 Å². The number of carbonyl (C=O) groups excluding carboxylic acids is 2. The first kappa shape index (κ1) is 34.2. The molecule has 2 aliphatic rings. The minimum absolute atomic E-state index is 0. The number of carbonyl (C=O) groups is 2. The average Bonchev–Trinajstić information content (AvgIpc) is 3.63. The molecule has 1 atom stereocenters. The Labute approximate surface area is 281 Å². The number of alkyl halides is 2. The third kappa shape index (κ3) is 6.67. The molecular formula is C34H32Cl2CoN4O4. The Kier molecular flexibility index (Phi) is 10.5. The van der Waals surface area contributed by atoms with Crippen LogP contribution < -0.4 is 10.2 Å². The van der Waals surface area contributed by atoms with Crippen LogP contribution in [-0.2, 0) is 32.8 Å². The predicted molar refractivity (Wildman–Crippen MR) is 173 cm³/mol. The summed E-state index contributed by atoms with van der Waals surface area (Å²) in [6.07, 6.45) is 1.90. The summed E-state index contributed by atoms with van der Waals surface area (Å²) in [5.74, 6) is -2.10. The molecule has 5 rings (SSSR count). The quantitative estimate of drug-likeness (QED) is 0.276. The number of fused-ring (bicyclic) bond motifs is 8. The minimum atomic E-state index is -1.16. The fourth-order valence-electron chi connectivity index (χ4n) is 5.98. The summed E-state index contributed by atoms with van der Waals surface area (Å²) >= 11 is 13.0. The number of rotatable bonds is 9. The summed E-state index contributed by atoms with van der Waals surface area (Å²) in [6.45, 7) is 11.8. The Morgan fingerprint density at radius 3 is 2.00 bits per heavy atom. The number of carboxylic acid groups (broad SMARTS) is 2. The number of hydrogen-bond donors (Lipinski definition) is 2. The molecule has 45 heavy (non-hydrogen) atoms. The Hall–Kier alpha value is -3.63. The number of nitrogens with one attached hydrogen (secondary N) is 2. The van der Waals surface area contributed by atoms with Crippen molar-refractivity contribution in [3.05, 3.63) is 81.9 Å². The SMILES string of the molecule is C=CC1=C(C)c2cc3[nH]c(cc4nc(cc5[nH]c(cc1n2)c(C)c5CCC(=O)[O-])C(CCC(=O)[O-])=C4C)c(C)c3C(Cl)CCl.[Co+2]. The third-order valence-electron chi connectivity index (χ3n) is 8.45. The van der Waals surface area contributed by atoms with Crippen LogP contribution in [0.1, 0.15) is 83.5 Å². The van der Waals surface area contributed by atoms with Gasteiger partial charge in [0.1, 0.15) is 0 Å². The van der Waals surface area contributed by atoms with E-state index in [1.165, 1.54) is 0 Å². The van der Waals surface area contributed by atoms with Gasteiger partial charge in [0.05, 0.1) is 28.2 Å². The second-order valence-electron chi connectivity index (χ2n) is 11.1. The zero-order valence-electron chi connectivity index (χ0n) is 25.3. The Balaban J connectivity index is 0.00000461. The first-order valence-corrected chi connectivity index (χ1v) is 15.3. The van der Waals surface area contributed by atoms with E-state index < -0.39 is 17.3 Å². The number of halogens is 2. The van der Waals surface area contributed by atoms with Crippen LogP contribution in [0.3, 0.4) is 0 Å². The maximum absolute atomic E-state index is 11.5. The van der Waals surface area contributed by atoms with E-state index in [1.807, 2.05) is 52.0 Å². The van der Waals surface area contributed by atoms with E-state index in [2.05, 4.69) is 16.5 Å². The van der Waals surface area contributed by atoms with Gasteiger partial charge in [-0.15, -0.1) is 23.2 Å². The minimum Gasteiger partial charge on any atom is -0.550 e. The fourth-order valence-corrected chi connectivity index (χ4v) is 6.41. The third-order valence-corrected chi connectivity index (χ3v) is 9.29. The Morgan fingerprint density at radius 1 is 0.822 bits per heavy atom. The first-order valence-electron chi connectivity index (χ1n) is 14.3. The second-order valence-corrected chi connectivity index (χ2v) is 11.9. The van der Waals surface area contributed by atoms with Gasteiger partial charge in [0.2, 0.25) is 0 Å². The summed E-state index contributed by atoms with van der Waals surface area (Å²) in [6, 6.07) is 7.67. The molecule has 8 nitrogen and oxygen atoms in total. The molecule has 235 valence electrons. The molecule has 3 aromatic rings. The zero-order chi connectivity index (χ0) is 31.9. The molecule has 0 amide bonds. The Bertz CT molecular complexity index is 1950. The molecule has 0 fully saturated rings. The second kappa shape index (κ2) is 13.8. The van der Waals surface area contributed by atoms with Crippen LogP contribution in [0.4, 0.5) is 0 Å². The summed E-state index contributed by atoms with van der Waals surface area (Å²) in [5, 5.41) is 22.4. The largest absolute Gasteiger partial charge is 2.00 e. The van der Waals surface area contributed by atoms with Gasteiger partial charge in [0, 0.05) is 45.5 Å². The van der Waals surface area contributed by atoms with Gasteiger partial charge in [-0.1, -0.05) is 12.7 Å². The van der Waals surface area contributed by atoms with Crippen LogP contribution in [0.5, 0.6) is 0 Å². The number of H-pyrrole nitrogens is 2. The normalized spacial score (nSPS) is 13.6. The molecular weight excluding hydrogens is 658 g/mol. The number of aliphatic carboxylic acids is 2. The van der Waals surface area contributed by atoms with Gasteiger partial charge in [-0.25, -0.2) is 9.97 Å². The molecule has 3 aromatic heterocycles. The number of nitrogens with zero attached hydrogens (tertiary/aromatic N) is 2. The van der Waals surface area contributed by atoms with Crippen molar-refractivity contribution in [1.82, 2.24) is 19.9 Å². The van der Waals surface area contributed by atoms with E-state index in [9.17, 15) is 19.8 Å². The number of allylic oxidation sites excluding steroid dienone is 5. The van der Waals surface area contributed by atoms with Gasteiger partial charge < -0.3 is 29.8 Å². The number of aromatic amines is 2. The molecule has 0 saturated carbocycles. The zero-order valence-corrected chi connectivity index (χ0v) is 27.9. The molecule has 11 heteroatoms. The van der Waals surface area contributed by atoms with Crippen LogP contribution in [0.2, 0.25) is 0 Å². The molecule has 0 aromatic carbocycles. The van der Waals surface area contributed by atoms with E-state index >= 15 is 0 Å². The van der Waals surface area contributed by atoms with Crippen molar-refractivity contribution in [2.45, 2.75) is 58.8 Å². The standard InChI is InChI=1S/C34H34Cl2N4O4.Co/c1-6-20-16(2)26-13-31-34(23(36)15-35)19(5)27(40-31)11-24-17(3)21(7-9-32(41)42)29(38-24)14-30-22(8-10-33(43)44)18(4)25(39-30)12-28(20)37-26;/h6,11-14,23,39-40H,1,7-10,15H2,2-5H3,(H,41,42)(H,43,44);/q;+2/p-2. The fraction of sp³-hybridized carbons (Fsp3) is 0.294. The van der Waals surface area contributed by atoms with Gasteiger partial charge in [0.25, 0.3) is 0 Å². The van der Waals surface area contributed by atoms with Crippen LogP contribution in [0.25, 0.3) is 44.4 Å². The number of hydrogen-bond acceptors (Lipinski definition) is 6. The summed E-state index contributed by atoms with van der Waals surface area (Å²) in [5.41, 5.74) is 12.6. The van der Waals surface area contributed by atoms with Gasteiger partial charge in [-0.2, -0.15) is 0 Å². The molecule has 0 spiro atoms. The maximum atomic E-state index is 11.5. The van der Waals surface area contributed by atoms with Crippen molar-refractivity contribution >= 4 is 79.5 Å². The molecule has 5 heterocycles. The number of carboxylic acids is 2. The molecule has 0 saturated heterocycles. The van der Waals surface area contributed by atoms with Crippen LogP contribution >= 0.6 is 23.2 Å². The molecule has 2 aliphatic heterocycles. The number of aryl methyl sites for hydroxylation is 3. The molecule has 0 aliphatic carbocycles. The molecule has 1 unspecified atom stereocenters. The van der Waals surface area contributed by atoms with E-state index in [-0.39, 0.29) is 48.3 Å². The Morgan fingerprint density at radius 2 is 1.36 bits per heavy atom.